The zero-order valence-corrected chi connectivity index (χ0v) is 19.4. The summed E-state index contributed by atoms with van der Waals surface area (Å²) >= 11 is 1.54. The van der Waals surface area contributed by atoms with Gasteiger partial charge in [-0.1, -0.05) is 60.2 Å². The van der Waals surface area contributed by atoms with Crippen molar-refractivity contribution >= 4 is 27.7 Å². The number of nitrogens with zero attached hydrogens (tertiary/aromatic N) is 1. The third-order valence-corrected chi connectivity index (χ3v) is 7.54. The standard InChI is InChI=1S/C24H26N2O3S2/c1-18-9-11-20(12-10-18)24(19-7-5-4-6-8-19)25-23(27)17-26(2)31(28,29)22-15-13-21(30-3)14-16-22/h4-16,24H,17H2,1-3H3,(H,25,27)/t24-/m1/s1. The van der Waals surface area contributed by atoms with Gasteiger partial charge in [-0.3, -0.25) is 4.79 Å². The van der Waals surface area contributed by atoms with E-state index in [1.165, 1.54) is 18.8 Å². The van der Waals surface area contributed by atoms with Crippen molar-refractivity contribution in [3.05, 3.63) is 95.6 Å². The van der Waals surface area contributed by atoms with Crippen LogP contribution in [0.2, 0.25) is 0 Å². The van der Waals surface area contributed by atoms with Crippen molar-refractivity contribution in [2.45, 2.75) is 22.8 Å². The molecule has 0 aliphatic heterocycles. The van der Waals surface area contributed by atoms with Crippen LogP contribution >= 0.6 is 11.8 Å². The van der Waals surface area contributed by atoms with Crippen LogP contribution in [0.1, 0.15) is 22.7 Å². The molecule has 0 heterocycles. The number of rotatable bonds is 8. The number of benzene rings is 3. The fourth-order valence-electron chi connectivity index (χ4n) is 3.18. The maximum atomic E-state index is 12.9. The predicted octanol–water partition coefficient (Wildman–Crippen LogP) is 4.24. The highest BCUT2D eigenvalue weighted by molar-refractivity contribution is 7.98. The van der Waals surface area contributed by atoms with Crippen molar-refractivity contribution in [2.24, 2.45) is 0 Å². The molecule has 1 amide bonds. The summed E-state index contributed by atoms with van der Waals surface area (Å²) in [6.07, 6.45) is 1.93. The number of aryl methyl sites for hydroxylation is 1. The van der Waals surface area contributed by atoms with Crippen LogP contribution in [-0.4, -0.2) is 38.5 Å². The molecule has 3 aromatic carbocycles. The van der Waals surface area contributed by atoms with Gasteiger partial charge in [0.2, 0.25) is 15.9 Å². The van der Waals surface area contributed by atoms with Crippen molar-refractivity contribution in [2.75, 3.05) is 19.8 Å². The molecule has 0 aliphatic carbocycles. The summed E-state index contributed by atoms with van der Waals surface area (Å²) < 4.78 is 26.8. The molecule has 5 nitrogen and oxygen atoms in total. The molecule has 3 rings (SSSR count). The van der Waals surface area contributed by atoms with Crippen molar-refractivity contribution in [3.8, 4) is 0 Å². The number of nitrogens with one attached hydrogen (secondary N) is 1. The highest BCUT2D eigenvalue weighted by atomic mass is 32.2. The number of sulfonamides is 1. The van der Waals surface area contributed by atoms with Crippen LogP contribution in [0.5, 0.6) is 0 Å². The Balaban J connectivity index is 1.77. The Kier molecular flexibility index (Phi) is 7.54. The number of carbonyl (C=O) groups is 1. The maximum absolute atomic E-state index is 12.9. The SMILES string of the molecule is CSc1ccc(S(=O)(=O)N(C)CC(=O)N[C@H](c2ccccc2)c2ccc(C)cc2)cc1. The minimum Gasteiger partial charge on any atom is -0.344 e. The average molecular weight is 455 g/mol. The Morgan fingerprint density at radius 3 is 2.10 bits per heavy atom. The molecule has 0 radical (unpaired) electrons. The second-order valence-electron chi connectivity index (χ2n) is 7.26. The van der Waals surface area contributed by atoms with Crippen LogP contribution in [0.15, 0.2) is 88.7 Å². The van der Waals surface area contributed by atoms with Gasteiger partial charge in [-0.15, -0.1) is 11.8 Å². The van der Waals surface area contributed by atoms with E-state index in [0.717, 1.165) is 25.9 Å². The Morgan fingerprint density at radius 2 is 1.52 bits per heavy atom. The van der Waals surface area contributed by atoms with Gasteiger partial charge >= 0.3 is 0 Å². The smallest absolute Gasteiger partial charge is 0.243 e. The first-order valence-corrected chi connectivity index (χ1v) is 12.5. The van der Waals surface area contributed by atoms with Crippen LogP contribution in [0.3, 0.4) is 0 Å². The van der Waals surface area contributed by atoms with Gasteiger partial charge in [0.1, 0.15) is 0 Å². The number of hydrogen-bond donors (Lipinski definition) is 1. The lowest BCUT2D eigenvalue weighted by Gasteiger charge is -2.22. The average Bonchev–Trinajstić information content (AvgIpc) is 2.78. The lowest BCUT2D eigenvalue weighted by Crippen LogP contribution is -2.40. The molecule has 7 heteroatoms. The quantitative estimate of drug-likeness (QED) is 0.517. The van der Waals surface area contributed by atoms with Gasteiger partial charge in [0.15, 0.2) is 0 Å². The zero-order chi connectivity index (χ0) is 22.4. The van der Waals surface area contributed by atoms with E-state index >= 15 is 0 Å². The van der Waals surface area contributed by atoms with E-state index < -0.39 is 10.0 Å². The number of likely N-dealkylation sites (N-methyl/N-ethyl adjacent to an activating group) is 1. The number of amides is 1. The summed E-state index contributed by atoms with van der Waals surface area (Å²) in [4.78, 5) is 14.0. The monoisotopic (exact) mass is 454 g/mol. The Hall–Kier alpha value is -2.61. The van der Waals surface area contributed by atoms with Gasteiger partial charge in [-0.05, 0) is 48.6 Å². The van der Waals surface area contributed by atoms with E-state index in [-0.39, 0.29) is 23.4 Å². The second kappa shape index (κ2) is 10.1. The highest BCUT2D eigenvalue weighted by Crippen LogP contribution is 2.23. The molecular formula is C24H26N2O3S2. The van der Waals surface area contributed by atoms with E-state index in [4.69, 9.17) is 0 Å². The molecule has 0 fully saturated rings. The van der Waals surface area contributed by atoms with Crippen LogP contribution in [-0.2, 0) is 14.8 Å². The van der Waals surface area contributed by atoms with E-state index in [0.29, 0.717) is 0 Å². The molecule has 0 saturated carbocycles. The molecule has 0 bridgehead atoms. The highest BCUT2D eigenvalue weighted by Gasteiger charge is 2.24. The maximum Gasteiger partial charge on any atom is 0.243 e. The van der Waals surface area contributed by atoms with E-state index in [1.54, 1.807) is 24.3 Å². The minimum atomic E-state index is -3.77. The van der Waals surface area contributed by atoms with E-state index in [1.807, 2.05) is 67.8 Å². The van der Waals surface area contributed by atoms with Crippen molar-refractivity contribution < 1.29 is 13.2 Å². The third kappa shape index (κ3) is 5.76. The molecule has 0 saturated heterocycles. The largest absolute Gasteiger partial charge is 0.344 e. The summed E-state index contributed by atoms with van der Waals surface area (Å²) in [6, 6.07) is 23.8. The fourth-order valence-corrected chi connectivity index (χ4v) is 4.72. The first kappa shape index (κ1) is 23.1. The Morgan fingerprint density at radius 1 is 0.935 bits per heavy atom. The first-order chi connectivity index (χ1) is 14.8. The van der Waals surface area contributed by atoms with Gasteiger partial charge in [-0.2, -0.15) is 4.31 Å². The normalized spacial score (nSPS) is 12.5. The fraction of sp³-hybridized carbons (Fsp3) is 0.208. The van der Waals surface area contributed by atoms with Gasteiger partial charge in [-0.25, -0.2) is 8.42 Å². The number of hydrogen-bond acceptors (Lipinski definition) is 4. The molecule has 1 atom stereocenters. The van der Waals surface area contributed by atoms with Crippen molar-refractivity contribution in [1.82, 2.24) is 9.62 Å². The lowest BCUT2D eigenvalue weighted by molar-refractivity contribution is -0.121. The molecule has 0 aliphatic rings. The predicted molar refractivity (Wildman–Crippen MR) is 126 cm³/mol. The molecule has 0 unspecified atom stereocenters. The van der Waals surface area contributed by atoms with Gasteiger partial charge in [0.25, 0.3) is 0 Å². The van der Waals surface area contributed by atoms with Gasteiger partial charge in [0.05, 0.1) is 17.5 Å². The van der Waals surface area contributed by atoms with Crippen LogP contribution in [0.4, 0.5) is 0 Å². The molecule has 31 heavy (non-hydrogen) atoms. The number of thioether (sulfide) groups is 1. The molecule has 3 aromatic rings. The summed E-state index contributed by atoms with van der Waals surface area (Å²) in [7, 11) is -2.35. The molecule has 1 N–H and O–H groups in total. The molecular weight excluding hydrogens is 428 g/mol. The van der Waals surface area contributed by atoms with Crippen LogP contribution in [0, 0.1) is 6.92 Å². The zero-order valence-electron chi connectivity index (χ0n) is 17.8. The van der Waals surface area contributed by atoms with Crippen LogP contribution in [0.25, 0.3) is 0 Å². The van der Waals surface area contributed by atoms with Crippen molar-refractivity contribution in [3.63, 3.8) is 0 Å². The molecule has 0 spiro atoms. The summed E-state index contributed by atoms with van der Waals surface area (Å²) in [6.45, 7) is 1.73. The molecule has 0 aromatic heterocycles. The van der Waals surface area contributed by atoms with Gasteiger partial charge < -0.3 is 5.32 Å². The number of carbonyl (C=O) groups excluding carboxylic acids is 1. The summed E-state index contributed by atoms with van der Waals surface area (Å²) in [5.41, 5.74) is 2.99. The van der Waals surface area contributed by atoms with E-state index in [9.17, 15) is 13.2 Å². The van der Waals surface area contributed by atoms with Crippen LogP contribution < -0.4 is 5.32 Å². The van der Waals surface area contributed by atoms with E-state index in [2.05, 4.69) is 5.32 Å². The topological polar surface area (TPSA) is 66.5 Å². The van der Waals surface area contributed by atoms with Crippen molar-refractivity contribution in [1.29, 1.82) is 0 Å². The Bertz CT molecular complexity index is 1110. The van der Waals surface area contributed by atoms with Gasteiger partial charge in [0, 0.05) is 11.9 Å². The first-order valence-electron chi connectivity index (χ1n) is 9.82. The second-order valence-corrected chi connectivity index (χ2v) is 10.2. The minimum absolute atomic E-state index is 0.166. The molecule has 162 valence electrons. The Labute approximate surface area is 188 Å². The third-order valence-electron chi connectivity index (χ3n) is 4.98. The summed E-state index contributed by atoms with van der Waals surface area (Å²) in [5.74, 6) is -0.374. The summed E-state index contributed by atoms with van der Waals surface area (Å²) in [5, 5.41) is 2.99. The lowest BCUT2D eigenvalue weighted by atomic mass is 9.98.